The summed E-state index contributed by atoms with van der Waals surface area (Å²) in [7, 11) is 4.53. The number of amides is 1. The molecular formula is C27H25NO7. The maximum atomic E-state index is 12.6. The number of para-hydroxylation sites is 1. The quantitative estimate of drug-likeness (QED) is 0.263. The van der Waals surface area contributed by atoms with Crippen LogP contribution in [0.1, 0.15) is 26.3 Å². The summed E-state index contributed by atoms with van der Waals surface area (Å²) in [6.45, 7) is -0.478. The van der Waals surface area contributed by atoms with E-state index in [0.717, 1.165) is 5.56 Å². The fraction of sp³-hybridized carbons (Fsp3) is 0.148. The molecule has 0 radical (unpaired) electrons. The number of carbonyl (C=O) groups excluding carboxylic acids is 3. The lowest BCUT2D eigenvalue weighted by Gasteiger charge is -2.11. The summed E-state index contributed by atoms with van der Waals surface area (Å²) in [6, 6.07) is 18.2. The molecule has 180 valence electrons. The lowest BCUT2D eigenvalue weighted by molar-refractivity contribution is -0.111. The molecule has 0 aliphatic rings. The molecule has 35 heavy (non-hydrogen) atoms. The normalized spacial score (nSPS) is 10.5. The first-order valence-corrected chi connectivity index (χ1v) is 10.6. The van der Waals surface area contributed by atoms with Crippen LogP contribution in [0.5, 0.6) is 17.2 Å². The van der Waals surface area contributed by atoms with Gasteiger partial charge in [0.2, 0.25) is 5.91 Å². The van der Waals surface area contributed by atoms with E-state index in [2.05, 4.69) is 5.32 Å². The molecule has 0 aliphatic heterocycles. The third-order valence-electron chi connectivity index (χ3n) is 4.99. The van der Waals surface area contributed by atoms with Gasteiger partial charge in [0.25, 0.3) is 0 Å². The molecule has 8 heteroatoms. The molecule has 0 spiro atoms. The Balaban J connectivity index is 1.63. The molecule has 0 aromatic heterocycles. The first-order chi connectivity index (χ1) is 16.9. The Bertz CT molecular complexity index is 1230. The van der Waals surface area contributed by atoms with Crippen LogP contribution in [0, 0.1) is 0 Å². The van der Waals surface area contributed by atoms with Crippen LogP contribution in [0.2, 0.25) is 0 Å². The number of ketones is 1. The molecule has 3 aromatic carbocycles. The predicted octanol–water partition coefficient (Wildman–Crippen LogP) is 4.40. The number of methoxy groups -OCH3 is 3. The maximum absolute atomic E-state index is 12.6. The maximum Gasteiger partial charge on any atom is 0.340 e. The Morgan fingerprint density at radius 2 is 1.54 bits per heavy atom. The van der Waals surface area contributed by atoms with Crippen LogP contribution >= 0.6 is 0 Å². The Hall–Kier alpha value is -4.59. The van der Waals surface area contributed by atoms with Crippen molar-refractivity contribution in [2.24, 2.45) is 0 Å². The van der Waals surface area contributed by atoms with E-state index in [1.165, 1.54) is 32.4 Å². The van der Waals surface area contributed by atoms with Crippen molar-refractivity contribution in [1.29, 1.82) is 0 Å². The van der Waals surface area contributed by atoms with Gasteiger partial charge in [-0.3, -0.25) is 9.59 Å². The van der Waals surface area contributed by atoms with Gasteiger partial charge >= 0.3 is 5.97 Å². The van der Waals surface area contributed by atoms with Crippen LogP contribution in [-0.4, -0.2) is 45.6 Å². The van der Waals surface area contributed by atoms with Crippen molar-refractivity contribution >= 4 is 29.4 Å². The minimum atomic E-state index is -0.742. The number of Topliss-reactive ketones (excluding diaryl/α,β-unsaturated/α-hetero) is 1. The molecule has 0 unspecified atom stereocenters. The van der Waals surface area contributed by atoms with Crippen LogP contribution in [0.15, 0.2) is 72.8 Å². The van der Waals surface area contributed by atoms with Gasteiger partial charge < -0.3 is 24.3 Å². The van der Waals surface area contributed by atoms with Crippen molar-refractivity contribution in [3.05, 3.63) is 89.5 Å². The number of ether oxygens (including phenoxy) is 4. The number of hydrogen-bond acceptors (Lipinski definition) is 7. The van der Waals surface area contributed by atoms with E-state index >= 15 is 0 Å². The van der Waals surface area contributed by atoms with Crippen LogP contribution < -0.4 is 19.5 Å². The number of benzene rings is 3. The molecule has 0 atom stereocenters. The number of rotatable bonds is 10. The smallest absolute Gasteiger partial charge is 0.340 e. The molecule has 1 amide bonds. The monoisotopic (exact) mass is 475 g/mol. The van der Waals surface area contributed by atoms with Crippen molar-refractivity contribution < 1.29 is 33.3 Å². The molecule has 3 rings (SSSR count). The summed E-state index contributed by atoms with van der Waals surface area (Å²) >= 11 is 0. The first kappa shape index (κ1) is 25.0. The summed E-state index contributed by atoms with van der Waals surface area (Å²) in [6.07, 6.45) is 2.99. The van der Waals surface area contributed by atoms with Crippen molar-refractivity contribution in [2.75, 3.05) is 33.3 Å². The standard InChI is InChI=1S/C27H25NO7/c1-32-20-12-8-18(9-13-20)10-15-26(30)28-22-7-5-4-6-21(22)27(31)35-17-23(29)19-11-14-24(33-2)25(16-19)34-3/h4-16H,17H2,1-3H3,(H,28,30)/b15-10+. The summed E-state index contributed by atoms with van der Waals surface area (Å²) in [4.78, 5) is 37.6. The predicted molar refractivity (Wildman–Crippen MR) is 131 cm³/mol. The highest BCUT2D eigenvalue weighted by Crippen LogP contribution is 2.27. The van der Waals surface area contributed by atoms with E-state index in [1.54, 1.807) is 55.7 Å². The van der Waals surface area contributed by atoms with E-state index in [1.807, 2.05) is 12.1 Å². The van der Waals surface area contributed by atoms with Gasteiger partial charge in [0.15, 0.2) is 23.9 Å². The van der Waals surface area contributed by atoms with E-state index in [9.17, 15) is 14.4 Å². The third-order valence-corrected chi connectivity index (χ3v) is 4.99. The zero-order chi connectivity index (χ0) is 25.2. The van der Waals surface area contributed by atoms with Gasteiger partial charge in [-0.25, -0.2) is 4.79 Å². The SMILES string of the molecule is COc1ccc(/C=C/C(=O)Nc2ccccc2C(=O)OCC(=O)c2ccc(OC)c(OC)c2)cc1. The van der Waals surface area contributed by atoms with E-state index in [0.29, 0.717) is 22.8 Å². The molecule has 0 aliphatic carbocycles. The molecule has 0 fully saturated rings. The molecule has 0 heterocycles. The summed E-state index contributed by atoms with van der Waals surface area (Å²) < 4.78 is 20.7. The Morgan fingerprint density at radius 1 is 0.829 bits per heavy atom. The molecule has 0 saturated carbocycles. The van der Waals surface area contributed by atoms with Gasteiger partial charge in [-0.05, 0) is 54.1 Å². The largest absolute Gasteiger partial charge is 0.497 e. The molecule has 8 nitrogen and oxygen atoms in total. The third kappa shape index (κ3) is 6.70. The first-order valence-electron chi connectivity index (χ1n) is 10.6. The number of anilines is 1. The fourth-order valence-corrected chi connectivity index (χ4v) is 3.13. The highest BCUT2D eigenvalue weighted by Gasteiger charge is 2.17. The molecule has 1 N–H and O–H groups in total. The summed E-state index contributed by atoms with van der Waals surface area (Å²) in [5, 5.41) is 2.66. The van der Waals surface area contributed by atoms with Gasteiger partial charge in [0.05, 0.1) is 32.6 Å². The zero-order valence-corrected chi connectivity index (χ0v) is 19.6. The van der Waals surface area contributed by atoms with E-state index in [-0.39, 0.29) is 11.3 Å². The fourth-order valence-electron chi connectivity index (χ4n) is 3.13. The van der Waals surface area contributed by atoms with E-state index in [4.69, 9.17) is 18.9 Å². The van der Waals surface area contributed by atoms with E-state index < -0.39 is 24.3 Å². The van der Waals surface area contributed by atoms with Gasteiger partial charge in [-0.1, -0.05) is 24.3 Å². The summed E-state index contributed by atoms with van der Waals surface area (Å²) in [5.41, 5.74) is 1.50. The average Bonchev–Trinajstić information content (AvgIpc) is 2.90. The lowest BCUT2D eigenvalue weighted by Crippen LogP contribution is -2.17. The molecule has 3 aromatic rings. The molecular weight excluding hydrogens is 450 g/mol. The van der Waals surface area contributed by atoms with Gasteiger partial charge in [0, 0.05) is 11.6 Å². The van der Waals surface area contributed by atoms with Crippen molar-refractivity contribution in [1.82, 2.24) is 0 Å². The highest BCUT2D eigenvalue weighted by molar-refractivity contribution is 6.07. The Kier molecular flexibility index (Phi) is 8.61. The van der Waals surface area contributed by atoms with Gasteiger partial charge in [0.1, 0.15) is 5.75 Å². The van der Waals surface area contributed by atoms with Crippen LogP contribution in [0.4, 0.5) is 5.69 Å². The molecule has 0 saturated heterocycles. The second-order valence-corrected chi connectivity index (χ2v) is 7.21. The average molecular weight is 475 g/mol. The zero-order valence-electron chi connectivity index (χ0n) is 19.6. The van der Waals surface area contributed by atoms with Crippen LogP contribution in [-0.2, 0) is 9.53 Å². The lowest BCUT2D eigenvalue weighted by atomic mass is 10.1. The number of hydrogen-bond donors (Lipinski definition) is 1. The van der Waals surface area contributed by atoms with Gasteiger partial charge in [-0.2, -0.15) is 0 Å². The number of nitrogens with one attached hydrogen (secondary N) is 1. The number of esters is 1. The van der Waals surface area contributed by atoms with Crippen molar-refractivity contribution in [2.45, 2.75) is 0 Å². The van der Waals surface area contributed by atoms with Gasteiger partial charge in [-0.15, -0.1) is 0 Å². The second-order valence-electron chi connectivity index (χ2n) is 7.21. The van der Waals surface area contributed by atoms with Crippen molar-refractivity contribution in [3.63, 3.8) is 0 Å². The Labute approximate surface area is 203 Å². The summed E-state index contributed by atoms with van der Waals surface area (Å²) in [5.74, 6) is -0.00425. The Morgan fingerprint density at radius 3 is 2.23 bits per heavy atom. The second kappa shape index (κ2) is 12.0. The highest BCUT2D eigenvalue weighted by atomic mass is 16.5. The van der Waals surface area contributed by atoms with Crippen molar-refractivity contribution in [3.8, 4) is 17.2 Å². The van der Waals surface area contributed by atoms with Crippen LogP contribution in [0.25, 0.3) is 6.08 Å². The topological polar surface area (TPSA) is 100 Å². The minimum absolute atomic E-state index is 0.124. The minimum Gasteiger partial charge on any atom is -0.497 e. The number of carbonyl (C=O) groups is 3. The molecule has 0 bridgehead atoms. The van der Waals surface area contributed by atoms with Crippen LogP contribution in [0.3, 0.4) is 0 Å².